The highest BCUT2D eigenvalue weighted by Crippen LogP contribution is 2.40. The molecular formula is C23H29N. The summed E-state index contributed by atoms with van der Waals surface area (Å²) in [7, 11) is 0. The van der Waals surface area contributed by atoms with Crippen molar-refractivity contribution in [2.45, 2.75) is 45.1 Å². The van der Waals surface area contributed by atoms with Crippen molar-refractivity contribution >= 4 is 0 Å². The lowest BCUT2D eigenvalue weighted by molar-refractivity contribution is 0.306. The van der Waals surface area contributed by atoms with Crippen molar-refractivity contribution in [1.29, 1.82) is 0 Å². The monoisotopic (exact) mass is 319 g/mol. The molecule has 0 N–H and O–H groups in total. The number of benzene rings is 2. The van der Waals surface area contributed by atoms with E-state index in [0.29, 0.717) is 17.9 Å². The molecular weight excluding hydrogens is 290 g/mol. The Morgan fingerprint density at radius 2 is 1.58 bits per heavy atom. The second-order valence-corrected chi connectivity index (χ2v) is 7.01. The molecule has 1 aliphatic heterocycles. The number of hydrogen-bond acceptors (Lipinski definition) is 1. The van der Waals surface area contributed by atoms with Gasteiger partial charge in [0.1, 0.15) is 0 Å². The maximum Gasteiger partial charge on any atom is 0.0511 e. The smallest absolute Gasteiger partial charge is 0.0511 e. The highest BCUT2D eigenvalue weighted by molar-refractivity contribution is 5.23. The van der Waals surface area contributed by atoms with Crippen LogP contribution in [0.1, 0.15) is 56.2 Å². The molecule has 0 unspecified atom stereocenters. The summed E-state index contributed by atoms with van der Waals surface area (Å²) in [6.45, 7) is 10.2. The Balaban J connectivity index is 1.68. The van der Waals surface area contributed by atoms with Crippen LogP contribution in [0.5, 0.6) is 0 Å². The van der Waals surface area contributed by atoms with E-state index in [1.54, 1.807) is 0 Å². The molecule has 0 amide bonds. The number of nitrogens with zero attached hydrogens (tertiary/aromatic N) is 1. The van der Waals surface area contributed by atoms with Crippen molar-refractivity contribution in [2.75, 3.05) is 6.54 Å². The number of hydrogen-bond donors (Lipinski definition) is 0. The molecule has 1 heteroatoms. The molecule has 1 aliphatic rings. The molecule has 126 valence electrons. The fourth-order valence-electron chi connectivity index (χ4n) is 4.05. The first-order valence-corrected chi connectivity index (χ1v) is 9.26. The Morgan fingerprint density at radius 3 is 2.17 bits per heavy atom. The van der Waals surface area contributed by atoms with E-state index in [-0.39, 0.29) is 0 Å². The molecule has 0 radical (unpaired) electrons. The topological polar surface area (TPSA) is 3.24 Å². The van der Waals surface area contributed by atoms with Crippen LogP contribution in [0.2, 0.25) is 0 Å². The number of allylic oxidation sites excluding steroid dienone is 1. The largest absolute Gasteiger partial charge is 0.368 e. The van der Waals surface area contributed by atoms with Gasteiger partial charge < -0.3 is 4.90 Å². The molecule has 0 aliphatic carbocycles. The fourth-order valence-corrected chi connectivity index (χ4v) is 4.05. The zero-order valence-corrected chi connectivity index (χ0v) is 15.0. The minimum atomic E-state index is 0.417. The van der Waals surface area contributed by atoms with Crippen molar-refractivity contribution in [3.63, 3.8) is 0 Å². The lowest BCUT2D eigenvalue weighted by Crippen LogP contribution is -2.22. The van der Waals surface area contributed by atoms with Gasteiger partial charge in [0.15, 0.2) is 0 Å². The third kappa shape index (κ3) is 3.56. The average molecular weight is 319 g/mol. The molecule has 0 saturated carbocycles. The molecule has 0 bridgehead atoms. The lowest BCUT2D eigenvalue weighted by atomic mass is 9.85. The molecule has 0 spiro atoms. The summed E-state index contributed by atoms with van der Waals surface area (Å²) >= 11 is 0. The van der Waals surface area contributed by atoms with Gasteiger partial charge in [-0.05, 0) is 43.2 Å². The maximum absolute atomic E-state index is 4.47. The Labute approximate surface area is 147 Å². The Hall–Kier alpha value is -2.02. The average Bonchev–Trinajstić information content (AvgIpc) is 3.01. The molecule has 2 aromatic rings. The molecule has 3 atom stereocenters. The van der Waals surface area contributed by atoms with Crippen LogP contribution in [0, 0.1) is 5.92 Å². The van der Waals surface area contributed by atoms with Crippen molar-refractivity contribution in [1.82, 2.24) is 4.90 Å². The van der Waals surface area contributed by atoms with Crippen LogP contribution in [0.4, 0.5) is 0 Å². The summed E-state index contributed by atoms with van der Waals surface area (Å²) in [6.07, 6.45) is 3.65. The van der Waals surface area contributed by atoms with Crippen LogP contribution in [-0.4, -0.2) is 11.4 Å². The van der Waals surface area contributed by atoms with Gasteiger partial charge in [0.05, 0.1) is 6.04 Å². The van der Waals surface area contributed by atoms with Gasteiger partial charge >= 0.3 is 0 Å². The van der Waals surface area contributed by atoms with Crippen molar-refractivity contribution in [2.24, 2.45) is 5.92 Å². The molecule has 2 aromatic carbocycles. The predicted octanol–water partition coefficient (Wildman–Crippen LogP) is 6.17. The van der Waals surface area contributed by atoms with E-state index >= 15 is 0 Å². The van der Waals surface area contributed by atoms with Crippen molar-refractivity contribution in [3.8, 4) is 0 Å². The van der Waals surface area contributed by atoms with Gasteiger partial charge in [-0.3, -0.25) is 0 Å². The summed E-state index contributed by atoms with van der Waals surface area (Å²) in [4.78, 5) is 2.51. The lowest BCUT2D eigenvalue weighted by Gasteiger charge is -2.29. The summed E-state index contributed by atoms with van der Waals surface area (Å²) in [5.41, 5.74) is 4.19. The Morgan fingerprint density at radius 1 is 1.00 bits per heavy atom. The number of rotatable bonds is 6. The second-order valence-electron chi connectivity index (χ2n) is 7.01. The minimum absolute atomic E-state index is 0.417. The summed E-state index contributed by atoms with van der Waals surface area (Å²) in [5.74, 6) is 1.25. The molecule has 3 rings (SSSR count). The predicted molar refractivity (Wildman–Crippen MR) is 103 cm³/mol. The summed E-state index contributed by atoms with van der Waals surface area (Å²) in [5, 5.41) is 0. The summed E-state index contributed by atoms with van der Waals surface area (Å²) < 4.78 is 0. The standard InChI is InChI=1S/C23H29N/c1-4-20(22-13-9-6-10-14-22)17-23-15-16-24(19(23)3)18(2)21-11-7-5-8-12-21/h5-14,18,20,23H,3-4,15-17H2,1-2H3/t18-,20+,23+/m0/s1. The second kappa shape index (κ2) is 7.70. The maximum atomic E-state index is 4.47. The molecule has 1 nitrogen and oxygen atoms in total. The quantitative estimate of drug-likeness (QED) is 0.615. The number of likely N-dealkylation sites (tertiary alicyclic amines) is 1. The highest BCUT2D eigenvalue weighted by atomic mass is 15.2. The first-order chi connectivity index (χ1) is 11.7. The van der Waals surface area contributed by atoms with Gasteiger partial charge in [-0.15, -0.1) is 0 Å². The van der Waals surface area contributed by atoms with E-state index in [2.05, 4.69) is 86.0 Å². The zero-order valence-electron chi connectivity index (χ0n) is 15.0. The van der Waals surface area contributed by atoms with E-state index < -0.39 is 0 Å². The summed E-state index contributed by atoms with van der Waals surface area (Å²) in [6, 6.07) is 22.2. The fraction of sp³-hybridized carbons (Fsp3) is 0.391. The molecule has 1 saturated heterocycles. The van der Waals surface area contributed by atoms with Gasteiger partial charge in [0.2, 0.25) is 0 Å². The van der Waals surface area contributed by atoms with Crippen LogP contribution in [0.3, 0.4) is 0 Å². The first kappa shape index (κ1) is 16.8. The van der Waals surface area contributed by atoms with E-state index in [4.69, 9.17) is 0 Å². The molecule has 1 fully saturated rings. The van der Waals surface area contributed by atoms with Gasteiger partial charge in [-0.2, -0.15) is 0 Å². The first-order valence-electron chi connectivity index (χ1n) is 9.26. The highest BCUT2D eigenvalue weighted by Gasteiger charge is 2.31. The van der Waals surface area contributed by atoms with Crippen LogP contribution in [0.15, 0.2) is 72.9 Å². The van der Waals surface area contributed by atoms with Crippen molar-refractivity contribution in [3.05, 3.63) is 84.1 Å². The van der Waals surface area contributed by atoms with Gasteiger partial charge in [-0.25, -0.2) is 0 Å². The Bertz CT molecular complexity index is 646. The third-order valence-corrected chi connectivity index (χ3v) is 5.64. The van der Waals surface area contributed by atoms with E-state index in [1.165, 1.54) is 36.1 Å². The zero-order chi connectivity index (χ0) is 16.9. The van der Waals surface area contributed by atoms with E-state index in [0.717, 1.165) is 6.54 Å². The van der Waals surface area contributed by atoms with E-state index in [1.807, 2.05) is 0 Å². The molecule has 0 aromatic heterocycles. The van der Waals surface area contributed by atoms with Crippen molar-refractivity contribution < 1.29 is 0 Å². The minimum Gasteiger partial charge on any atom is -0.368 e. The van der Waals surface area contributed by atoms with Gasteiger partial charge in [-0.1, -0.05) is 74.2 Å². The van der Waals surface area contributed by atoms with Gasteiger partial charge in [0, 0.05) is 18.2 Å². The van der Waals surface area contributed by atoms with Crippen LogP contribution in [-0.2, 0) is 0 Å². The van der Waals surface area contributed by atoms with Gasteiger partial charge in [0.25, 0.3) is 0 Å². The third-order valence-electron chi connectivity index (χ3n) is 5.64. The molecule has 24 heavy (non-hydrogen) atoms. The van der Waals surface area contributed by atoms with Crippen LogP contribution >= 0.6 is 0 Å². The molecule has 1 heterocycles. The van der Waals surface area contributed by atoms with Crippen LogP contribution in [0.25, 0.3) is 0 Å². The normalized spacial score (nSPS) is 20.2. The SMILES string of the molecule is C=C1[C@@H](C[C@@H](CC)c2ccccc2)CCN1[C@@H](C)c1ccccc1. The Kier molecular flexibility index (Phi) is 5.40. The van der Waals surface area contributed by atoms with E-state index in [9.17, 15) is 0 Å². The van der Waals surface area contributed by atoms with Crippen LogP contribution < -0.4 is 0 Å².